The molecule has 1 aliphatic carbocycles. The summed E-state index contributed by atoms with van der Waals surface area (Å²) in [5, 5.41) is 3.17. The molecule has 2 heteroatoms. The number of rotatable bonds is 5. The fraction of sp³-hybridized carbons (Fsp3) is 0.923. The number of nitrogens with one attached hydrogen (secondary N) is 1. The van der Waals surface area contributed by atoms with Gasteiger partial charge in [0.1, 0.15) is 0 Å². The monoisotopic (exact) mass is 211 g/mol. The molecule has 0 saturated heterocycles. The van der Waals surface area contributed by atoms with Gasteiger partial charge in [0, 0.05) is 12.5 Å². The lowest BCUT2D eigenvalue weighted by Gasteiger charge is -2.27. The molecule has 0 radical (unpaired) electrons. The van der Waals surface area contributed by atoms with Crippen LogP contribution in [0.25, 0.3) is 0 Å². The fourth-order valence-electron chi connectivity index (χ4n) is 2.40. The maximum atomic E-state index is 11.6. The van der Waals surface area contributed by atoms with Crippen molar-refractivity contribution >= 4 is 5.91 Å². The van der Waals surface area contributed by atoms with E-state index >= 15 is 0 Å². The molecular formula is C13H25NO. The first kappa shape index (κ1) is 12.5. The summed E-state index contributed by atoms with van der Waals surface area (Å²) in [6, 6.07) is 0.461. The molecule has 0 aliphatic heterocycles. The zero-order chi connectivity index (χ0) is 11.1. The third kappa shape index (κ3) is 5.19. The van der Waals surface area contributed by atoms with Crippen LogP contribution in [0.2, 0.25) is 0 Å². The number of carbonyl (C=O) groups is 1. The second kappa shape index (κ2) is 6.86. The van der Waals surface area contributed by atoms with Crippen molar-refractivity contribution in [3.05, 3.63) is 0 Å². The first-order valence-electron chi connectivity index (χ1n) is 6.51. The van der Waals surface area contributed by atoms with Crippen molar-refractivity contribution in [3.8, 4) is 0 Å². The minimum atomic E-state index is 0.266. The molecule has 0 bridgehead atoms. The van der Waals surface area contributed by atoms with Gasteiger partial charge in [-0.25, -0.2) is 0 Å². The molecule has 0 aromatic rings. The molecule has 1 amide bonds. The van der Waals surface area contributed by atoms with Gasteiger partial charge in [-0.3, -0.25) is 4.79 Å². The third-order valence-corrected chi connectivity index (χ3v) is 3.31. The van der Waals surface area contributed by atoms with Gasteiger partial charge in [-0.15, -0.1) is 0 Å². The second-order valence-corrected chi connectivity index (χ2v) is 4.99. The van der Waals surface area contributed by atoms with Crippen LogP contribution in [-0.4, -0.2) is 11.9 Å². The van der Waals surface area contributed by atoms with Crippen LogP contribution in [0.4, 0.5) is 0 Å². The van der Waals surface area contributed by atoms with E-state index in [2.05, 4.69) is 19.2 Å². The van der Waals surface area contributed by atoms with Crippen LogP contribution in [-0.2, 0) is 4.79 Å². The summed E-state index contributed by atoms with van der Waals surface area (Å²) in [5.74, 6) is 1.06. The minimum absolute atomic E-state index is 0.266. The Labute approximate surface area is 93.8 Å². The summed E-state index contributed by atoms with van der Waals surface area (Å²) in [4.78, 5) is 11.6. The Morgan fingerprint density at radius 2 is 2.13 bits per heavy atom. The number of amides is 1. The molecule has 1 saturated carbocycles. The van der Waals surface area contributed by atoms with Crippen LogP contribution in [0, 0.1) is 5.92 Å². The van der Waals surface area contributed by atoms with E-state index < -0.39 is 0 Å². The van der Waals surface area contributed by atoms with E-state index in [0.29, 0.717) is 6.04 Å². The molecule has 1 fully saturated rings. The van der Waals surface area contributed by atoms with E-state index in [-0.39, 0.29) is 5.91 Å². The highest BCUT2D eigenvalue weighted by Gasteiger charge is 2.19. The van der Waals surface area contributed by atoms with E-state index in [4.69, 9.17) is 0 Å². The van der Waals surface area contributed by atoms with Gasteiger partial charge in [0.05, 0.1) is 0 Å². The normalized spacial score (nSPS) is 26.3. The van der Waals surface area contributed by atoms with Crippen LogP contribution in [0.1, 0.15) is 65.2 Å². The Morgan fingerprint density at radius 3 is 2.80 bits per heavy atom. The maximum absolute atomic E-state index is 11.6. The Bertz CT molecular complexity index is 191. The van der Waals surface area contributed by atoms with Gasteiger partial charge in [0.15, 0.2) is 0 Å². The second-order valence-electron chi connectivity index (χ2n) is 4.99. The molecular weight excluding hydrogens is 186 g/mol. The summed E-state index contributed by atoms with van der Waals surface area (Å²) < 4.78 is 0. The highest BCUT2D eigenvalue weighted by Crippen LogP contribution is 2.23. The van der Waals surface area contributed by atoms with Crippen molar-refractivity contribution in [3.63, 3.8) is 0 Å². The topological polar surface area (TPSA) is 29.1 Å². The van der Waals surface area contributed by atoms with Crippen LogP contribution >= 0.6 is 0 Å². The lowest BCUT2D eigenvalue weighted by atomic mass is 9.87. The van der Waals surface area contributed by atoms with Gasteiger partial charge < -0.3 is 5.32 Å². The molecule has 0 spiro atoms. The predicted octanol–water partition coefficient (Wildman–Crippen LogP) is 3.26. The largest absolute Gasteiger partial charge is 0.353 e. The smallest absolute Gasteiger partial charge is 0.220 e. The SMILES string of the molecule is CCCCCC(=O)NC1CCCC(C)C1. The molecule has 1 N–H and O–H groups in total. The van der Waals surface area contributed by atoms with Crippen molar-refractivity contribution in [1.82, 2.24) is 5.32 Å². The highest BCUT2D eigenvalue weighted by atomic mass is 16.1. The van der Waals surface area contributed by atoms with Gasteiger partial charge in [-0.05, 0) is 25.2 Å². The first-order valence-corrected chi connectivity index (χ1v) is 6.51. The third-order valence-electron chi connectivity index (χ3n) is 3.31. The van der Waals surface area contributed by atoms with Crippen LogP contribution in [0.5, 0.6) is 0 Å². The zero-order valence-corrected chi connectivity index (χ0v) is 10.2. The molecule has 2 unspecified atom stereocenters. The van der Waals surface area contributed by atoms with Gasteiger partial charge >= 0.3 is 0 Å². The number of hydrogen-bond acceptors (Lipinski definition) is 1. The van der Waals surface area contributed by atoms with Crippen LogP contribution in [0.3, 0.4) is 0 Å². The standard InChI is InChI=1S/C13H25NO/c1-3-4-5-9-13(15)14-12-8-6-7-11(2)10-12/h11-12H,3-10H2,1-2H3,(H,14,15). The summed E-state index contributed by atoms with van der Waals surface area (Å²) >= 11 is 0. The Morgan fingerprint density at radius 1 is 1.33 bits per heavy atom. The maximum Gasteiger partial charge on any atom is 0.220 e. The molecule has 0 heterocycles. The average molecular weight is 211 g/mol. The van der Waals surface area contributed by atoms with Crippen LogP contribution < -0.4 is 5.32 Å². The molecule has 1 rings (SSSR count). The van der Waals surface area contributed by atoms with Crippen molar-refractivity contribution in [2.75, 3.05) is 0 Å². The Kier molecular flexibility index (Phi) is 5.74. The molecule has 2 nitrogen and oxygen atoms in total. The lowest BCUT2D eigenvalue weighted by Crippen LogP contribution is -2.37. The van der Waals surface area contributed by atoms with E-state index in [1.165, 1.54) is 38.5 Å². The van der Waals surface area contributed by atoms with Gasteiger partial charge in [0.25, 0.3) is 0 Å². The number of carbonyl (C=O) groups excluding carboxylic acids is 1. The van der Waals surface area contributed by atoms with Crippen molar-refractivity contribution < 1.29 is 4.79 Å². The summed E-state index contributed by atoms with van der Waals surface area (Å²) in [7, 11) is 0. The quantitative estimate of drug-likeness (QED) is 0.695. The Hall–Kier alpha value is -0.530. The van der Waals surface area contributed by atoms with Gasteiger partial charge in [-0.1, -0.05) is 39.5 Å². The molecule has 0 aromatic carbocycles. The van der Waals surface area contributed by atoms with E-state index in [1.54, 1.807) is 0 Å². The highest BCUT2D eigenvalue weighted by molar-refractivity contribution is 5.76. The summed E-state index contributed by atoms with van der Waals surface area (Å²) in [6.45, 7) is 4.45. The molecule has 0 aromatic heterocycles. The molecule has 2 atom stereocenters. The van der Waals surface area contributed by atoms with Crippen molar-refractivity contribution in [2.24, 2.45) is 5.92 Å². The van der Waals surface area contributed by atoms with Crippen LogP contribution in [0.15, 0.2) is 0 Å². The Balaban J connectivity index is 2.13. The van der Waals surface area contributed by atoms with Gasteiger partial charge in [-0.2, -0.15) is 0 Å². The summed E-state index contributed by atoms with van der Waals surface area (Å²) in [5.41, 5.74) is 0. The van der Waals surface area contributed by atoms with E-state index in [9.17, 15) is 4.79 Å². The fourth-order valence-corrected chi connectivity index (χ4v) is 2.40. The first-order chi connectivity index (χ1) is 7.22. The van der Waals surface area contributed by atoms with Crippen molar-refractivity contribution in [1.29, 1.82) is 0 Å². The molecule has 1 aliphatic rings. The average Bonchev–Trinajstić information content (AvgIpc) is 2.18. The van der Waals surface area contributed by atoms with E-state index in [0.717, 1.165) is 18.8 Å². The number of hydrogen-bond donors (Lipinski definition) is 1. The van der Waals surface area contributed by atoms with E-state index in [1.807, 2.05) is 0 Å². The van der Waals surface area contributed by atoms with Gasteiger partial charge in [0.2, 0.25) is 5.91 Å². The lowest BCUT2D eigenvalue weighted by molar-refractivity contribution is -0.122. The predicted molar refractivity (Wildman–Crippen MR) is 63.7 cm³/mol. The minimum Gasteiger partial charge on any atom is -0.353 e. The molecule has 88 valence electrons. The molecule has 15 heavy (non-hydrogen) atoms. The number of unbranched alkanes of at least 4 members (excludes halogenated alkanes) is 2. The van der Waals surface area contributed by atoms with Crippen molar-refractivity contribution in [2.45, 2.75) is 71.3 Å². The zero-order valence-electron chi connectivity index (χ0n) is 10.2. The summed E-state index contributed by atoms with van der Waals surface area (Å²) in [6.07, 6.45) is 9.11.